The molecule has 5 nitrogen and oxygen atoms in total. The standard InChI is InChI=1S/C21H28O5/c1-20-7-5-13-14(16(20)6-8-21(20,25)11-19(23)24)4-3-12-9-17(22)18(26-2)10-15(12)13/h9-10,13-14,16,22,25H,3-8,11H2,1-2H3,(H,23,24)/t13-,14+,16-,20-,21?/m0/s1. The first-order chi connectivity index (χ1) is 12.3. The number of phenols is 1. The molecular weight excluding hydrogens is 332 g/mol. The van der Waals surface area contributed by atoms with Gasteiger partial charge in [0, 0.05) is 5.41 Å². The summed E-state index contributed by atoms with van der Waals surface area (Å²) in [6.07, 6.45) is 5.05. The molecule has 142 valence electrons. The van der Waals surface area contributed by atoms with Crippen molar-refractivity contribution in [3.8, 4) is 11.5 Å². The maximum atomic E-state index is 11.3. The molecule has 0 spiro atoms. The van der Waals surface area contributed by atoms with E-state index >= 15 is 0 Å². The summed E-state index contributed by atoms with van der Waals surface area (Å²) in [4.78, 5) is 11.3. The zero-order valence-electron chi connectivity index (χ0n) is 15.5. The number of methoxy groups -OCH3 is 1. The lowest BCUT2D eigenvalue weighted by molar-refractivity contribution is -0.153. The van der Waals surface area contributed by atoms with E-state index in [-0.39, 0.29) is 17.6 Å². The maximum absolute atomic E-state index is 11.3. The average molecular weight is 360 g/mol. The molecule has 2 saturated carbocycles. The van der Waals surface area contributed by atoms with Gasteiger partial charge >= 0.3 is 5.97 Å². The highest BCUT2D eigenvalue weighted by molar-refractivity contribution is 5.68. The van der Waals surface area contributed by atoms with Gasteiger partial charge < -0.3 is 20.1 Å². The molecule has 4 rings (SSSR count). The predicted octanol–water partition coefficient (Wildman–Crippen LogP) is 3.46. The second-order valence-electron chi connectivity index (χ2n) is 8.74. The van der Waals surface area contributed by atoms with Gasteiger partial charge in [0.25, 0.3) is 0 Å². The van der Waals surface area contributed by atoms with E-state index in [1.165, 1.54) is 11.1 Å². The summed E-state index contributed by atoms with van der Waals surface area (Å²) >= 11 is 0. The van der Waals surface area contributed by atoms with Gasteiger partial charge in [0.05, 0.1) is 19.1 Å². The van der Waals surface area contributed by atoms with Crippen molar-refractivity contribution in [1.82, 2.24) is 0 Å². The summed E-state index contributed by atoms with van der Waals surface area (Å²) in [5.74, 6) is 1.01. The lowest BCUT2D eigenvalue weighted by Gasteiger charge is -2.53. The Labute approximate surface area is 154 Å². The van der Waals surface area contributed by atoms with E-state index in [1.807, 2.05) is 12.1 Å². The summed E-state index contributed by atoms with van der Waals surface area (Å²) in [7, 11) is 1.57. The minimum atomic E-state index is -1.10. The number of ether oxygens (including phenoxy) is 1. The van der Waals surface area contributed by atoms with Crippen LogP contribution in [0.4, 0.5) is 0 Å². The molecule has 0 amide bonds. The summed E-state index contributed by atoms with van der Waals surface area (Å²) in [6.45, 7) is 2.11. The van der Waals surface area contributed by atoms with Crippen molar-refractivity contribution in [3.05, 3.63) is 23.3 Å². The molecule has 0 saturated heterocycles. The van der Waals surface area contributed by atoms with Crippen LogP contribution >= 0.6 is 0 Å². The Bertz CT molecular complexity index is 744. The van der Waals surface area contributed by atoms with E-state index in [2.05, 4.69) is 6.92 Å². The fourth-order valence-corrected chi connectivity index (χ4v) is 6.40. The number of hydrogen-bond donors (Lipinski definition) is 3. The van der Waals surface area contributed by atoms with Gasteiger partial charge in [-0.05, 0) is 79.5 Å². The fourth-order valence-electron chi connectivity index (χ4n) is 6.40. The third kappa shape index (κ3) is 2.36. The molecule has 2 fully saturated rings. The van der Waals surface area contributed by atoms with Crippen molar-refractivity contribution in [2.24, 2.45) is 17.3 Å². The quantitative estimate of drug-likeness (QED) is 0.768. The highest BCUT2D eigenvalue weighted by atomic mass is 16.5. The predicted molar refractivity (Wildman–Crippen MR) is 96.5 cm³/mol. The molecule has 1 aromatic rings. The van der Waals surface area contributed by atoms with Crippen molar-refractivity contribution in [3.63, 3.8) is 0 Å². The number of aliphatic hydroxyl groups is 1. The topological polar surface area (TPSA) is 87.0 Å². The summed E-state index contributed by atoms with van der Waals surface area (Å²) in [5, 5.41) is 30.6. The van der Waals surface area contributed by atoms with E-state index in [1.54, 1.807) is 7.11 Å². The molecule has 0 radical (unpaired) electrons. The molecule has 1 aromatic carbocycles. The molecule has 0 heterocycles. The van der Waals surface area contributed by atoms with Crippen LogP contribution in [0.5, 0.6) is 11.5 Å². The fraction of sp³-hybridized carbons (Fsp3) is 0.667. The molecule has 5 heteroatoms. The van der Waals surface area contributed by atoms with Crippen molar-refractivity contribution in [2.45, 2.75) is 63.4 Å². The molecule has 0 aromatic heterocycles. The Morgan fingerprint density at radius 1 is 1.27 bits per heavy atom. The minimum Gasteiger partial charge on any atom is -0.504 e. The number of carboxylic acids is 1. The number of phenolic OH excluding ortho intramolecular Hbond substituents is 1. The van der Waals surface area contributed by atoms with Gasteiger partial charge in [0.1, 0.15) is 0 Å². The SMILES string of the molecule is COc1cc2c(cc1O)CC[C@@H]1[C@@H]2CC[C@@]2(C)[C@H]1CCC2(O)CC(=O)O. The van der Waals surface area contributed by atoms with Crippen molar-refractivity contribution < 1.29 is 24.9 Å². The van der Waals surface area contributed by atoms with Gasteiger partial charge in [-0.3, -0.25) is 4.79 Å². The lowest BCUT2D eigenvalue weighted by Crippen LogP contribution is -2.51. The third-order valence-corrected chi connectivity index (χ3v) is 7.79. The number of aliphatic carboxylic acids is 1. The number of carbonyl (C=O) groups is 1. The molecule has 3 aliphatic rings. The zero-order valence-corrected chi connectivity index (χ0v) is 15.5. The Kier molecular flexibility index (Phi) is 3.99. The summed E-state index contributed by atoms with van der Waals surface area (Å²) < 4.78 is 5.32. The number of fused-ring (bicyclic) bond motifs is 5. The number of hydrogen-bond acceptors (Lipinski definition) is 4. The van der Waals surface area contributed by atoms with E-state index in [0.29, 0.717) is 29.9 Å². The molecule has 1 unspecified atom stereocenters. The normalized spacial score (nSPS) is 38.2. The largest absolute Gasteiger partial charge is 0.504 e. The van der Waals surface area contributed by atoms with Crippen LogP contribution in [0.2, 0.25) is 0 Å². The van der Waals surface area contributed by atoms with Gasteiger partial charge in [-0.25, -0.2) is 0 Å². The van der Waals surface area contributed by atoms with Crippen LogP contribution < -0.4 is 4.74 Å². The summed E-state index contributed by atoms with van der Waals surface area (Å²) in [5.41, 5.74) is 1.05. The first-order valence-electron chi connectivity index (χ1n) is 9.63. The highest BCUT2D eigenvalue weighted by Gasteiger charge is 2.61. The van der Waals surface area contributed by atoms with Crippen LogP contribution in [-0.2, 0) is 11.2 Å². The Balaban J connectivity index is 1.68. The Morgan fingerprint density at radius 3 is 2.73 bits per heavy atom. The maximum Gasteiger partial charge on any atom is 0.306 e. The van der Waals surface area contributed by atoms with Crippen LogP contribution in [0.3, 0.4) is 0 Å². The molecule has 3 N–H and O–H groups in total. The molecule has 0 bridgehead atoms. The van der Waals surface area contributed by atoms with Crippen molar-refractivity contribution >= 4 is 5.97 Å². The zero-order chi connectivity index (χ0) is 18.7. The van der Waals surface area contributed by atoms with Gasteiger partial charge in [0.15, 0.2) is 11.5 Å². The molecular formula is C21H28O5. The van der Waals surface area contributed by atoms with Gasteiger partial charge in [-0.1, -0.05) is 6.92 Å². The Hall–Kier alpha value is -1.75. The summed E-state index contributed by atoms with van der Waals surface area (Å²) in [6, 6.07) is 3.83. The second kappa shape index (κ2) is 5.88. The molecule has 0 aliphatic heterocycles. The van der Waals surface area contributed by atoms with E-state index in [0.717, 1.165) is 32.1 Å². The number of aromatic hydroxyl groups is 1. The molecule has 26 heavy (non-hydrogen) atoms. The molecule has 3 aliphatic carbocycles. The minimum absolute atomic E-state index is 0.157. The van der Waals surface area contributed by atoms with E-state index in [4.69, 9.17) is 4.74 Å². The van der Waals surface area contributed by atoms with Crippen LogP contribution in [0.15, 0.2) is 12.1 Å². The number of rotatable bonds is 3. The van der Waals surface area contributed by atoms with E-state index in [9.17, 15) is 20.1 Å². The van der Waals surface area contributed by atoms with Gasteiger partial charge in [-0.2, -0.15) is 0 Å². The monoisotopic (exact) mass is 360 g/mol. The van der Waals surface area contributed by atoms with Gasteiger partial charge in [0.2, 0.25) is 0 Å². The second-order valence-corrected chi connectivity index (χ2v) is 8.74. The van der Waals surface area contributed by atoms with Crippen LogP contribution in [-0.4, -0.2) is 34.0 Å². The number of benzene rings is 1. The average Bonchev–Trinajstić information content (AvgIpc) is 2.84. The van der Waals surface area contributed by atoms with Gasteiger partial charge in [-0.15, -0.1) is 0 Å². The van der Waals surface area contributed by atoms with E-state index < -0.39 is 11.6 Å². The smallest absolute Gasteiger partial charge is 0.306 e. The highest BCUT2D eigenvalue weighted by Crippen LogP contribution is 2.65. The third-order valence-electron chi connectivity index (χ3n) is 7.79. The van der Waals surface area contributed by atoms with Crippen LogP contribution in [0, 0.1) is 17.3 Å². The number of carboxylic acid groups (broad SMARTS) is 1. The Morgan fingerprint density at radius 2 is 2.04 bits per heavy atom. The lowest BCUT2D eigenvalue weighted by atomic mass is 9.53. The van der Waals surface area contributed by atoms with Crippen molar-refractivity contribution in [2.75, 3.05) is 7.11 Å². The molecule has 5 atom stereocenters. The van der Waals surface area contributed by atoms with Crippen LogP contribution in [0.1, 0.15) is 62.5 Å². The van der Waals surface area contributed by atoms with Crippen molar-refractivity contribution in [1.29, 1.82) is 0 Å². The van der Waals surface area contributed by atoms with Crippen LogP contribution in [0.25, 0.3) is 0 Å². The first-order valence-corrected chi connectivity index (χ1v) is 9.63. The number of aryl methyl sites for hydroxylation is 1. The first kappa shape index (κ1) is 17.7.